The number of ether oxygens (including phenoxy) is 1. The maximum atomic E-state index is 12.7. The minimum Gasteiger partial charge on any atom is -0.496 e. The van der Waals surface area contributed by atoms with Crippen molar-refractivity contribution in [2.24, 2.45) is 0 Å². The number of benzene rings is 2. The third-order valence-corrected chi connectivity index (χ3v) is 5.51. The maximum absolute atomic E-state index is 12.7. The minimum atomic E-state index is -0.106. The van der Waals surface area contributed by atoms with E-state index in [9.17, 15) is 9.59 Å². The molecule has 0 unspecified atom stereocenters. The van der Waals surface area contributed by atoms with Crippen molar-refractivity contribution >= 4 is 17.5 Å². The normalized spacial score (nSPS) is 12.9. The van der Waals surface area contributed by atoms with Gasteiger partial charge in [-0.15, -0.1) is 0 Å². The smallest absolute Gasteiger partial charge is 0.289 e. The Kier molecular flexibility index (Phi) is 6.02. The topological polar surface area (TPSA) is 87.3 Å². The van der Waals surface area contributed by atoms with Crippen molar-refractivity contribution in [3.8, 4) is 5.75 Å². The predicted molar refractivity (Wildman–Crippen MR) is 118 cm³/mol. The van der Waals surface area contributed by atoms with Crippen molar-refractivity contribution in [1.82, 2.24) is 14.9 Å². The fourth-order valence-electron chi connectivity index (χ4n) is 3.86. The summed E-state index contributed by atoms with van der Waals surface area (Å²) in [7, 11) is 1.63. The van der Waals surface area contributed by atoms with Gasteiger partial charge in [-0.3, -0.25) is 9.59 Å². The van der Waals surface area contributed by atoms with Crippen LogP contribution in [-0.4, -0.2) is 40.3 Å². The number of rotatable bonds is 6. The van der Waals surface area contributed by atoms with E-state index in [1.54, 1.807) is 18.2 Å². The molecule has 0 bridgehead atoms. The number of carbonyl (C=O) groups excluding carboxylic acids is 2. The maximum Gasteiger partial charge on any atom is 0.289 e. The number of nitrogens with zero attached hydrogens (tertiary/aromatic N) is 2. The van der Waals surface area contributed by atoms with Crippen molar-refractivity contribution in [2.45, 2.75) is 32.7 Å². The van der Waals surface area contributed by atoms with Gasteiger partial charge in [-0.2, -0.15) is 0 Å². The largest absolute Gasteiger partial charge is 0.496 e. The molecule has 0 radical (unpaired) electrons. The van der Waals surface area contributed by atoms with E-state index < -0.39 is 0 Å². The average molecular weight is 418 g/mol. The van der Waals surface area contributed by atoms with Crippen LogP contribution in [0.25, 0.3) is 0 Å². The van der Waals surface area contributed by atoms with Gasteiger partial charge in [0.25, 0.3) is 5.91 Å². The highest BCUT2D eigenvalue weighted by atomic mass is 16.5. The van der Waals surface area contributed by atoms with Crippen molar-refractivity contribution in [1.29, 1.82) is 0 Å². The van der Waals surface area contributed by atoms with Crippen LogP contribution in [0.4, 0.5) is 5.69 Å². The molecule has 160 valence electrons. The molecule has 0 saturated carbocycles. The average Bonchev–Trinajstić information content (AvgIpc) is 3.23. The lowest BCUT2D eigenvalue weighted by Crippen LogP contribution is -2.36. The lowest BCUT2D eigenvalue weighted by atomic mass is 9.99. The number of carbonyl (C=O) groups is 2. The van der Waals surface area contributed by atoms with E-state index in [1.165, 1.54) is 5.56 Å². The van der Waals surface area contributed by atoms with Crippen LogP contribution in [0.1, 0.15) is 39.4 Å². The second-order valence-corrected chi connectivity index (χ2v) is 7.74. The summed E-state index contributed by atoms with van der Waals surface area (Å²) in [5, 5.41) is 2.98. The molecule has 2 amide bonds. The van der Waals surface area contributed by atoms with Gasteiger partial charge in [0.05, 0.1) is 7.11 Å². The van der Waals surface area contributed by atoms with Crippen molar-refractivity contribution in [2.75, 3.05) is 19.0 Å². The van der Waals surface area contributed by atoms with Crippen LogP contribution in [0, 0.1) is 6.92 Å². The number of nitrogens with one attached hydrogen (secondary N) is 2. The fraction of sp³-hybridized carbons (Fsp3) is 0.292. The van der Waals surface area contributed by atoms with Crippen LogP contribution < -0.4 is 10.1 Å². The number of imidazole rings is 1. The third kappa shape index (κ3) is 4.77. The Hall–Kier alpha value is -3.61. The van der Waals surface area contributed by atoms with E-state index in [4.69, 9.17) is 4.74 Å². The van der Waals surface area contributed by atoms with Gasteiger partial charge in [0.1, 0.15) is 5.75 Å². The van der Waals surface area contributed by atoms with E-state index in [-0.39, 0.29) is 11.8 Å². The number of aromatic nitrogens is 2. The number of aryl methyl sites for hydroxylation is 2. The molecule has 2 heterocycles. The van der Waals surface area contributed by atoms with Crippen molar-refractivity contribution in [3.63, 3.8) is 0 Å². The fourth-order valence-corrected chi connectivity index (χ4v) is 3.86. The number of hydrogen-bond acceptors (Lipinski definition) is 4. The standard InChI is InChI=1S/C24H26N4O3/c1-16-14-25-23(26-16)24(30)28-12-11-17-7-9-20(13-19(17)15-28)27-22(29)10-8-18-5-3-4-6-21(18)31-2/h3-7,9,13-14H,8,10-12,15H2,1-2H3,(H,25,26)(H,27,29). The summed E-state index contributed by atoms with van der Waals surface area (Å²) in [6.45, 7) is 3.02. The molecule has 0 aliphatic carbocycles. The molecule has 31 heavy (non-hydrogen) atoms. The summed E-state index contributed by atoms with van der Waals surface area (Å²) in [6.07, 6.45) is 3.40. The molecule has 4 rings (SSSR count). The minimum absolute atomic E-state index is 0.0549. The van der Waals surface area contributed by atoms with E-state index in [0.717, 1.165) is 34.7 Å². The number of hydrogen-bond donors (Lipinski definition) is 2. The first-order valence-electron chi connectivity index (χ1n) is 10.4. The zero-order chi connectivity index (χ0) is 21.8. The van der Waals surface area contributed by atoms with E-state index in [2.05, 4.69) is 15.3 Å². The van der Waals surface area contributed by atoms with E-state index in [0.29, 0.717) is 31.8 Å². The number of H-pyrrole nitrogens is 1. The van der Waals surface area contributed by atoms with Crippen molar-refractivity contribution in [3.05, 3.63) is 76.9 Å². The molecular formula is C24H26N4O3. The van der Waals surface area contributed by atoms with Gasteiger partial charge in [0.15, 0.2) is 5.82 Å². The molecule has 0 atom stereocenters. The van der Waals surface area contributed by atoms with Gasteiger partial charge in [-0.25, -0.2) is 4.98 Å². The first-order valence-corrected chi connectivity index (χ1v) is 10.4. The molecule has 7 heteroatoms. The summed E-state index contributed by atoms with van der Waals surface area (Å²) in [5.41, 5.74) is 4.86. The van der Waals surface area contributed by atoms with Gasteiger partial charge >= 0.3 is 0 Å². The predicted octanol–water partition coefficient (Wildman–Crippen LogP) is 3.50. The quantitative estimate of drug-likeness (QED) is 0.641. The molecule has 1 aliphatic heterocycles. The SMILES string of the molecule is COc1ccccc1CCC(=O)Nc1ccc2c(c1)CN(C(=O)c1ncc(C)[nH]1)CC2. The molecule has 1 aliphatic rings. The molecule has 0 fully saturated rings. The molecule has 2 aromatic carbocycles. The molecule has 1 aromatic heterocycles. The molecule has 0 saturated heterocycles. The Morgan fingerprint density at radius 3 is 2.81 bits per heavy atom. The number of fused-ring (bicyclic) bond motifs is 1. The van der Waals surface area contributed by atoms with Gasteiger partial charge in [-0.1, -0.05) is 24.3 Å². The molecule has 2 N–H and O–H groups in total. The number of para-hydroxylation sites is 1. The molecular weight excluding hydrogens is 392 g/mol. The third-order valence-electron chi connectivity index (χ3n) is 5.51. The van der Waals surface area contributed by atoms with Gasteiger partial charge in [0, 0.05) is 37.1 Å². The Balaban J connectivity index is 1.39. The summed E-state index contributed by atoms with van der Waals surface area (Å²) < 4.78 is 5.35. The van der Waals surface area contributed by atoms with Crippen LogP contribution in [0.15, 0.2) is 48.7 Å². The Morgan fingerprint density at radius 2 is 2.03 bits per heavy atom. The Morgan fingerprint density at radius 1 is 1.19 bits per heavy atom. The van der Waals surface area contributed by atoms with Crippen molar-refractivity contribution < 1.29 is 14.3 Å². The summed E-state index contributed by atoms with van der Waals surface area (Å²) >= 11 is 0. The first-order chi connectivity index (χ1) is 15.0. The lowest BCUT2D eigenvalue weighted by Gasteiger charge is -2.28. The highest BCUT2D eigenvalue weighted by Gasteiger charge is 2.24. The second kappa shape index (κ2) is 9.04. The first kappa shape index (κ1) is 20.7. The second-order valence-electron chi connectivity index (χ2n) is 7.74. The van der Waals surface area contributed by atoms with Gasteiger partial charge < -0.3 is 19.9 Å². The lowest BCUT2D eigenvalue weighted by molar-refractivity contribution is -0.116. The zero-order valence-corrected chi connectivity index (χ0v) is 17.8. The van der Waals surface area contributed by atoms with Crippen LogP contribution in [0.2, 0.25) is 0 Å². The highest BCUT2D eigenvalue weighted by Crippen LogP contribution is 2.24. The number of methoxy groups -OCH3 is 1. The number of aromatic amines is 1. The summed E-state index contributed by atoms with van der Waals surface area (Å²) in [5.74, 6) is 0.994. The van der Waals surface area contributed by atoms with Gasteiger partial charge in [-0.05, 0) is 54.7 Å². The van der Waals surface area contributed by atoms with Crippen LogP contribution in [-0.2, 0) is 24.2 Å². The summed E-state index contributed by atoms with van der Waals surface area (Å²) in [4.78, 5) is 34.1. The number of anilines is 1. The van der Waals surface area contributed by atoms with E-state index in [1.807, 2.05) is 49.4 Å². The number of amides is 2. The monoisotopic (exact) mass is 418 g/mol. The van der Waals surface area contributed by atoms with E-state index >= 15 is 0 Å². The Labute approximate surface area is 181 Å². The molecule has 7 nitrogen and oxygen atoms in total. The van der Waals surface area contributed by atoms with Crippen LogP contribution in [0.5, 0.6) is 5.75 Å². The zero-order valence-electron chi connectivity index (χ0n) is 17.8. The van der Waals surface area contributed by atoms with Crippen LogP contribution in [0.3, 0.4) is 0 Å². The highest BCUT2D eigenvalue weighted by molar-refractivity contribution is 5.92. The van der Waals surface area contributed by atoms with Crippen LogP contribution >= 0.6 is 0 Å². The molecule has 0 spiro atoms. The summed E-state index contributed by atoms with van der Waals surface area (Å²) in [6, 6.07) is 13.6. The Bertz CT molecular complexity index is 1110. The molecule has 3 aromatic rings. The van der Waals surface area contributed by atoms with Gasteiger partial charge in [0.2, 0.25) is 5.91 Å².